The number of hydrogen-bond acceptors (Lipinski definition) is 13. The molecule has 0 aromatic rings. The van der Waals surface area contributed by atoms with Crippen LogP contribution in [0.25, 0.3) is 0 Å². The highest BCUT2D eigenvalue weighted by Gasteiger charge is 2.93. The predicted molar refractivity (Wildman–Crippen MR) is 277 cm³/mol. The molecule has 15 nitrogen and oxygen atoms in total. The van der Waals surface area contributed by atoms with Crippen LogP contribution in [0, 0.1) is 0 Å². The van der Waals surface area contributed by atoms with Crippen LogP contribution < -0.4 is 10.6 Å². The molecule has 0 aromatic carbocycles. The number of hydrogen-bond donors (Lipinski definition) is 3. The number of aliphatic hydroxyl groups excluding tert-OH is 1. The smallest absolute Gasteiger partial charge is 0.450 e. The summed E-state index contributed by atoms with van der Waals surface area (Å²) in [5.74, 6) is -112. The third kappa shape index (κ3) is 26.3. The Morgan fingerprint density at radius 1 is 0.413 bits per heavy atom. The van der Waals surface area contributed by atoms with E-state index in [2.05, 4.69) is 27.6 Å². The lowest BCUT2D eigenvalue weighted by molar-refractivity contribution is -0.440. The Kier molecular flexibility index (Phi) is 42.8. The minimum Gasteiger partial charge on any atom is -0.450 e. The van der Waals surface area contributed by atoms with Crippen LogP contribution in [0.3, 0.4) is 0 Å². The number of halogens is 39. The summed E-state index contributed by atoms with van der Waals surface area (Å²) in [6.07, 6.45) is -30.2. The summed E-state index contributed by atoms with van der Waals surface area (Å²) in [5.41, 5.74) is 0. The highest BCUT2D eigenvalue weighted by molar-refractivity contribution is 6.60. The van der Waals surface area contributed by atoms with Gasteiger partial charge in [-0.2, -0.15) is 171 Å². The fourth-order valence-electron chi connectivity index (χ4n) is 6.01. The van der Waals surface area contributed by atoms with Crippen molar-refractivity contribution < 1.29 is 227 Å². The predicted octanol–water partition coefficient (Wildman–Crippen LogP) is 16.7. The van der Waals surface area contributed by atoms with E-state index in [0.29, 0.717) is 25.9 Å². The highest BCUT2D eigenvalue weighted by Crippen LogP contribution is 2.64. The van der Waals surface area contributed by atoms with Crippen molar-refractivity contribution in [2.24, 2.45) is 4.99 Å². The Morgan fingerprint density at radius 3 is 0.904 bits per heavy atom. The van der Waals surface area contributed by atoms with Crippen LogP contribution in [0.5, 0.6) is 0 Å². The lowest BCUT2D eigenvalue weighted by atomic mass is 9.92. The van der Waals surface area contributed by atoms with E-state index in [0.717, 1.165) is 6.08 Å². The molecule has 0 spiro atoms. The first-order chi connectivity index (χ1) is 46.3. The molecule has 3 N–H and O–H groups in total. The number of carbonyl (C=O) groups is 2. The first kappa shape index (κ1) is 107. The average Bonchev–Trinajstić information content (AvgIpc) is 0.727. The molecule has 0 unspecified atom stereocenters. The summed E-state index contributed by atoms with van der Waals surface area (Å²) in [6.45, 7) is 14.0. The van der Waals surface area contributed by atoms with E-state index >= 15 is 0 Å². The fraction of sp³-hybridized carbons (Fsp3) is 0.854. The number of amides is 2. The Balaban J connectivity index is -0.000000439. The average molecular weight is 1670 g/mol. The van der Waals surface area contributed by atoms with Gasteiger partial charge in [-0.15, -0.1) is 6.58 Å². The third-order valence-electron chi connectivity index (χ3n) is 11.3. The second kappa shape index (κ2) is 41.4. The van der Waals surface area contributed by atoms with Gasteiger partial charge in [0.2, 0.25) is 6.08 Å². The van der Waals surface area contributed by atoms with Gasteiger partial charge in [0.1, 0.15) is 6.61 Å². The van der Waals surface area contributed by atoms with Gasteiger partial charge in [0.15, 0.2) is 0 Å². The first-order valence-electron chi connectivity index (χ1n) is 27.6. The molecule has 0 aliphatic rings. The van der Waals surface area contributed by atoms with Crippen LogP contribution >= 0.6 is 0 Å². The van der Waals surface area contributed by atoms with Gasteiger partial charge < -0.3 is 51.8 Å². The second-order valence-corrected chi connectivity index (χ2v) is 23.1. The van der Waals surface area contributed by atoms with E-state index in [1.807, 2.05) is 20.8 Å². The molecule has 0 rings (SSSR count). The monoisotopic (exact) mass is 1670 g/mol. The van der Waals surface area contributed by atoms with Gasteiger partial charge in [0.05, 0.1) is 19.8 Å². The number of alkyl halides is 39. The van der Waals surface area contributed by atoms with Crippen molar-refractivity contribution in [2.75, 3.05) is 79.1 Å². The van der Waals surface area contributed by atoms with Gasteiger partial charge in [-0.25, -0.2) is 19.4 Å². The molecule has 56 heteroatoms. The van der Waals surface area contributed by atoms with Crippen molar-refractivity contribution >= 4 is 36.6 Å². The number of alkyl carbamates (subject to hydrolysis) is 2. The molecule has 0 bridgehead atoms. The number of aliphatic imine (C=N–C) groups is 1. The Morgan fingerprint density at radius 2 is 0.673 bits per heavy atom. The normalized spacial score (nSPS) is 14.0. The van der Waals surface area contributed by atoms with Crippen LogP contribution in [0.2, 0.25) is 6.04 Å². The van der Waals surface area contributed by atoms with Gasteiger partial charge >= 0.3 is 138 Å². The number of aliphatic hydroxyl groups is 1. The van der Waals surface area contributed by atoms with Crippen molar-refractivity contribution in [2.45, 2.75) is 181 Å². The van der Waals surface area contributed by atoms with Gasteiger partial charge in [-0.05, 0) is 48.0 Å². The zero-order valence-corrected chi connectivity index (χ0v) is 55.4. The molecule has 0 radical (unpaired) electrons. The largest absolute Gasteiger partial charge is 0.501 e. The molecule has 2 amide bonds. The van der Waals surface area contributed by atoms with Crippen molar-refractivity contribution in [1.82, 2.24) is 10.6 Å². The van der Waals surface area contributed by atoms with E-state index in [-0.39, 0.29) is 38.9 Å². The summed E-state index contributed by atoms with van der Waals surface area (Å²) < 4.78 is 540. The number of rotatable bonds is 40. The Labute approximate surface area is 563 Å². The lowest BCUT2D eigenvalue weighted by Gasteiger charge is -2.39. The molecule has 0 heterocycles. The fourth-order valence-corrected chi connectivity index (χ4v) is 9.69. The maximum atomic E-state index is 13.7. The summed E-state index contributed by atoms with van der Waals surface area (Å²) in [5, 5.41) is 10.5. The van der Waals surface area contributed by atoms with Crippen molar-refractivity contribution in [3.8, 4) is 0 Å². The van der Waals surface area contributed by atoms with Crippen LogP contribution in [0.1, 0.15) is 67.2 Å². The van der Waals surface area contributed by atoms with E-state index in [1.54, 1.807) is 20.8 Å². The van der Waals surface area contributed by atoms with Crippen LogP contribution in [0.15, 0.2) is 30.3 Å². The number of carbonyl (C=O) groups excluding carboxylic acids is 3. The van der Waals surface area contributed by atoms with Crippen LogP contribution in [-0.2, 0) is 40.8 Å². The molecule has 0 aliphatic carbocycles. The van der Waals surface area contributed by atoms with Crippen LogP contribution in [-0.4, -0.2) is 228 Å². The van der Waals surface area contributed by atoms with Crippen LogP contribution in [0.4, 0.5) is 181 Å². The van der Waals surface area contributed by atoms with E-state index in [1.165, 1.54) is 16.7 Å². The minimum atomic E-state index is -7.97. The van der Waals surface area contributed by atoms with Crippen molar-refractivity contribution in [3.63, 3.8) is 0 Å². The van der Waals surface area contributed by atoms with Gasteiger partial charge in [0, 0.05) is 78.0 Å². The summed E-state index contributed by atoms with van der Waals surface area (Å²) in [4.78, 5) is 34.1. The van der Waals surface area contributed by atoms with Gasteiger partial charge in [0.25, 0.3) is 0 Å². The number of nitrogens with zero attached hydrogens (tertiary/aromatic N) is 1. The molecule has 0 aliphatic heterocycles. The molecule has 0 saturated heterocycles. The number of ether oxygens (including phenoxy) is 2. The summed E-state index contributed by atoms with van der Waals surface area (Å²) in [7, 11) is -4.88. The maximum Gasteiger partial charge on any atom is 0.501 e. The summed E-state index contributed by atoms with van der Waals surface area (Å²) in [6, 6.07) is 0.117. The zero-order chi connectivity index (χ0) is 84.2. The topological polar surface area (TPSA) is 182 Å². The molecular weight excluding hydrogens is 1610 g/mol. The van der Waals surface area contributed by atoms with E-state index < -0.39 is 190 Å². The Bertz CT molecular complexity index is 2550. The minimum absolute atomic E-state index is 0.0304. The highest BCUT2D eigenvalue weighted by atomic mass is 28.4. The van der Waals surface area contributed by atoms with Gasteiger partial charge in [-0.3, -0.25) is 0 Å². The van der Waals surface area contributed by atoms with E-state index in [9.17, 15) is 186 Å². The third-order valence-corrected chi connectivity index (χ3v) is 16.3. The standard InChI is InChI=1S/C18H26F13NO5Si.C12H10F13NO2.C9H4F13NO.C6H16O3Si.C3H6O/c1-4-35-38(36-5-2,37-6-3)11-7-10-34-12(33)32-9-8-13(19,20)14(21,22)15(23,24)16(25,26)17(27,28)18(29,30)31;1-2-5-28-6(27)26-4-3-7(13,14)8(15,16)9(17,18)10(19,20)11(21,22)12(23,24)25;10-4(11,1-2-23-3-24)5(12,13)6(14,15)7(16,17)8(18,19)9(20,21)22;1-4-7-10(8-5-2)9-6-3;1-2-3-4/h4-11H2,1-3H3,(H,32,33);2H,1,3-5H2,(H,26,27);1-2H2;10H,4-6H2,1-3H3;2,4H,1,3H2. The zero-order valence-electron chi connectivity index (χ0n) is 53.3. The number of isocyanates is 1. The Hall–Kier alpha value is -5.18. The lowest BCUT2D eigenvalue weighted by Crippen LogP contribution is -2.70. The molecule has 0 atom stereocenters. The molecule has 0 fully saturated rings. The molecule has 622 valence electrons. The van der Waals surface area contributed by atoms with Gasteiger partial charge in [-0.1, -0.05) is 18.7 Å². The quantitative estimate of drug-likeness (QED) is 0.0132. The van der Waals surface area contributed by atoms with Crippen molar-refractivity contribution in [3.05, 3.63) is 25.3 Å². The van der Waals surface area contributed by atoms with E-state index in [4.69, 9.17) is 31.7 Å². The first-order valence-corrected chi connectivity index (χ1v) is 31.0. The second-order valence-electron chi connectivity index (χ2n) is 18.8. The summed E-state index contributed by atoms with van der Waals surface area (Å²) >= 11 is 0. The van der Waals surface area contributed by atoms with Crippen molar-refractivity contribution in [1.29, 1.82) is 0 Å². The maximum absolute atomic E-state index is 13.7. The molecule has 0 saturated carbocycles. The molecule has 104 heavy (non-hydrogen) atoms. The molecule has 0 aromatic heterocycles. The SMILES string of the molecule is C=CCO.C=CCOC(=O)NCCC(F)(F)C(F)(F)C(F)(F)C(F)(F)C(F)(F)C(F)(F)F.CCO[SiH](OCC)OCC.CCO[Si](CCCOC(=O)NCCC(F)(F)C(F)(F)C(F)(F)C(F)(F)C(F)(F)C(F)(F)F)(OCC)OCC.O=C=NCCC(F)(F)C(F)(F)C(F)(F)C(F)(F)C(F)(F)C(F)(F)F. The molecular formula is C48H62F39N3O12Si2. The number of nitrogens with one attached hydrogen (secondary N) is 2.